The number of fused-ring (bicyclic) bond motifs is 1. The topological polar surface area (TPSA) is 107 Å². The number of rotatable bonds is 7. The number of nitrogens with one attached hydrogen (secondary N) is 2. The normalized spacial score (nSPS) is 22.3. The van der Waals surface area contributed by atoms with Gasteiger partial charge in [0.2, 0.25) is 5.91 Å². The maximum absolute atomic E-state index is 13.1. The molecule has 0 saturated heterocycles. The summed E-state index contributed by atoms with van der Waals surface area (Å²) in [5, 5.41) is 25.7. The fourth-order valence-electron chi connectivity index (χ4n) is 4.54. The molecular formula is C23H28N4O3. The van der Waals surface area contributed by atoms with Crippen LogP contribution in [0.3, 0.4) is 0 Å². The first-order valence-corrected chi connectivity index (χ1v) is 10.8. The SMILES string of the molecule is N#C[C@@H](NC(=O)[C@@H]1CCCC[C@@H]1NC(=O)c1cc2ccccc2n1CCO)C1CC1. The number of nitriles is 1. The number of carbonyl (C=O) groups excluding carboxylic acids is 2. The van der Waals surface area contributed by atoms with Crippen molar-refractivity contribution in [2.75, 3.05) is 6.61 Å². The maximum Gasteiger partial charge on any atom is 0.268 e. The Hall–Kier alpha value is -2.85. The molecule has 0 spiro atoms. The first-order chi connectivity index (χ1) is 14.6. The van der Waals surface area contributed by atoms with Crippen molar-refractivity contribution in [3.63, 3.8) is 0 Å². The number of benzene rings is 1. The van der Waals surface area contributed by atoms with Crippen LogP contribution in [0, 0.1) is 23.2 Å². The van der Waals surface area contributed by atoms with E-state index in [2.05, 4.69) is 16.7 Å². The highest BCUT2D eigenvalue weighted by Gasteiger charge is 2.37. The number of aliphatic hydroxyl groups is 1. The molecule has 2 aromatic rings. The average Bonchev–Trinajstić information content (AvgIpc) is 3.54. The molecule has 2 amide bonds. The predicted molar refractivity (Wildman–Crippen MR) is 113 cm³/mol. The van der Waals surface area contributed by atoms with Gasteiger partial charge >= 0.3 is 0 Å². The van der Waals surface area contributed by atoms with Crippen LogP contribution >= 0.6 is 0 Å². The van der Waals surface area contributed by atoms with Crippen LogP contribution < -0.4 is 10.6 Å². The lowest BCUT2D eigenvalue weighted by atomic mass is 9.83. The second kappa shape index (κ2) is 8.88. The number of hydrogen-bond donors (Lipinski definition) is 3. The van der Waals surface area contributed by atoms with E-state index >= 15 is 0 Å². The van der Waals surface area contributed by atoms with Gasteiger partial charge in [-0.15, -0.1) is 0 Å². The van der Waals surface area contributed by atoms with Gasteiger partial charge in [-0.25, -0.2) is 0 Å². The molecule has 2 saturated carbocycles. The molecule has 3 atom stereocenters. The smallest absolute Gasteiger partial charge is 0.268 e. The molecule has 2 aliphatic rings. The molecule has 4 rings (SSSR count). The molecule has 3 N–H and O–H groups in total. The Kier molecular flexibility index (Phi) is 6.05. The summed E-state index contributed by atoms with van der Waals surface area (Å²) in [6.45, 7) is 0.264. The van der Waals surface area contributed by atoms with Gasteiger partial charge in [0, 0.05) is 23.5 Å². The Bertz CT molecular complexity index is 972. The number of aliphatic hydroxyl groups excluding tert-OH is 1. The summed E-state index contributed by atoms with van der Waals surface area (Å²) in [6, 6.07) is 11.0. The van der Waals surface area contributed by atoms with Crippen molar-refractivity contribution in [2.45, 2.75) is 57.2 Å². The highest BCUT2D eigenvalue weighted by Crippen LogP contribution is 2.33. The Morgan fingerprint density at radius 2 is 1.97 bits per heavy atom. The second-order valence-electron chi connectivity index (χ2n) is 8.39. The zero-order valence-electron chi connectivity index (χ0n) is 17.0. The van der Waals surface area contributed by atoms with E-state index in [1.165, 1.54) is 0 Å². The molecule has 1 aromatic carbocycles. The summed E-state index contributed by atoms with van der Waals surface area (Å²) in [5.41, 5.74) is 1.39. The maximum atomic E-state index is 13.1. The van der Waals surface area contributed by atoms with Crippen molar-refractivity contribution in [3.8, 4) is 6.07 Å². The van der Waals surface area contributed by atoms with E-state index in [-0.39, 0.29) is 36.3 Å². The number of carbonyl (C=O) groups is 2. The molecule has 0 bridgehead atoms. The minimum atomic E-state index is -0.428. The van der Waals surface area contributed by atoms with E-state index in [9.17, 15) is 20.0 Å². The minimum Gasteiger partial charge on any atom is -0.395 e. The van der Waals surface area contributed by atoms with E-state index in [0.717, 1.165) is 43.0 Å². The van der Waals surface area contributed by atoms with Crippen LogP contribution in [0.4, 0.5) is 0 Å². The highest BCUT2D eigenvalue weighted by atomic mass is 16.3. The van der Waals surface area contributed by atoms with Crippen LogP contribution in [0.25, 0.3) is 10.9 Å². The van der Waals surface area contributed by atoms with Gasteiger partial charge in [0.05, 0.1) is 18.6 Å². The van der Waals surface area contributed by atoms with Gasteiger partial charge < -0.3 is 20.3 Å². The highest BCUT2D eigenvalue weighted by molar-refractivity contribution is 5.99. The molecule has 0 unspecified atom stereocenters. The van der Waals surface area contributed by atoms with Gasteiger partial charge in [-0.3, -0.25) is 9.59 Å². The average molecular weight is 409 g/mol. The second-order valence-corrected chi connectivity index (χ2v) is 8.39. The quantitative estimate of drug-likeness (QED) is 0.654. The van der Waals surface area contributed by atoms with Crippen molar-refractivity contribution in [3.05, 3.63) is 36.0 Å². The zero-order valence-corrected chi connectivity index (χ0v) is 17.0. The Morgan fingerprint density at radius 1 is 1.20 bits per heavy atom. The van der Waals surface area contributed by atoms with Crippen LogP contribution in [0.5, 0.6) is 0 Å². The lowest BCUT2D eigenvalue weighted by Crippen LogP contribution is -2.50. The van der Waals surface area contributed by atoms with Gasteiger partial charge in [0.15, 0.2) is 0 Å². The number of para-hydroxylation sites is 1. The molecule has 0 aliphatic heterocycles. The molecule has 1 aromatic heterocycles. The summed E-state index contributed by atoms with van der Waals surface area (Å²) in [4.78, 5) is 26.0. The molecule has 7 heteroatoms. The lowest BCUT2D eigenvalue weighted by molar-refractivity contribution is -0.127. The molecule has 30 heavy (non-hydrogen) atoms. The fraction of sp³-hybridized carbons (Fsp3) is 0.522. The van der Waals surface area contributed by atoms with E-state index in [0.29, 0.717) is 18.7 Å². The lowest BCUT2D eigenvalue weighted by Gasteiger charge is -2.32. The van der Waals surface area contributed by atoms with E-state index in [4.69, 9.17) is 0 Å². The standard InChI is InChI=1S/C23H28N4O3/c24-14-19(15-9-10-15)26-22(29)17-6-2-3-7-18(17)25-23(30)21-13-16-5-1-4-8-20(16)27(21)11-12-28/h1,4-5,8,13,15,17-19,28H,2-3,6-7,9-12H2,(H,25,30)(H,26,29)/t17-,18+,19-/m1/s1. The molecule has 2 fully saturated rings. The number of aromatic nitrogens is 1. The van der Waals surface area contributed by atoms with Gasteiger partial charge in [0.1, 0.15) is 11.7 Å². The first kappa shape index (κ1) is 20.4. The summed E-state index contributed by atoms with van der Waals surface area (Å²) < 4.78 is 1.82. The number of hydrogen-bond acceptors (Lipinski definition) is 4. The summed E-state index contributed by atoms with van der Waals surface area (Å²) in [7, 11) is 0. The van der Waals surface area contributed by atoms with Crippen LogP contribution in [0.2, 0.25) is 0 Å². The van der Waals surface area contributed by atoms with Crippen LogP contribution in [-0.4, -0.2) is 40.2 Å². The third kappa shape index (κ3) is 4.19. The van der Waals surface area contributed by atoms with E-state index in [1.54, 1.807) is 0 Å². The molecular weight excluding hydrogens is 380 g/mol. The molecule has 0 radical (unpaired) electrons. The fourth-order valence-corrected chi connectivity index (χ4v) is 4.54. The van der Waals surface area contributed by atoms with E-state index < -0.39 is 6.04 Å². The van der Waals surface area contributed by atoms with Crippen molar-refractivity contribution in [2.24, 2.45) is 11.8 Å². The predicted octanol–water partition coefficient (Wildman–Crippen LogP) is 2.34. The summed E-state index contributed by atoms with van der Waals surface area (Å²) in [5.74, 6) is -0.421. The Labute approximate surface area is 176 Å². The van der Waals surface area contributed by atoms with Gasteiger partial charge in [-0.2, -0.15) is 5.26 Å². The van der Waals surface area contributed by atoms with Crippen molar-refractivity contribution < 1.29 is 14.7 Å². The zero-order chi connectivity index (χ0) is 21.1. The molecule has 2 aliphatic carbocycles. The molecule has 7 nitrogen and oxygen atoms in total. The van der Waals surface area contributed by atoms with Gasteiger partial charge in [-0.05, 0) is 43.7 Å². The van der Waals surface area contributed by atoms with Crippen molar-refractivity contribution in [1.82, 2.24) is 15.2 Å². The van der Waals surface area contributed by atoms with Crippen molar-refractivity contribution in [1.29, 1.82) is 5.26 Å². The Morgan fingerprint density at radius 3 is 2.70 bits per heavy atom. The van der Waals surface area contributed by atoms with Crippen LogP contribution in [0.15, 0.2) is 30.3 Å². The Balaban J connectivity index is 1.51. The molecule has 158 valence electrons. The molecule has 1 heterocycles. The van der Waals surface area contributed by atoms with Crippen LogP contribution in [-0.2, 0) is 11.3 Å². The third-order valence-electron chi connectivity index (χ3n) is 6.32. The van der Waals surface area contributed by atoms with Crippen LogP contribution in [0.1, 0.15) is 49.0 Å². The minimum absolute atomic E-state index is 0.0653. The monoisotopic (exact) mass is 408 g/mol. The van der Waals surface area contributed by atoms with Crippen molar-refractivity contribution >= 4 is 22.7 Å². The number of amides is 2. The largest absolute Gasteiger partial charge is 0.395 e. The van der Waals surface area contributed by atoms with Gasteiger partial charge in [-0.1, -0.05) is 31.0 Å². The number of nitrogens with zero attached hydrogens (tertiary/aromatic N) is 2. The van der Waals surface area contributed by atoms with E-state index in [1.807, 2.05) is 34.9 Å². The first-order valence-electron chi connectivity index (χ1n) is 10.8. The third-order valence-corrected chi connectivity index (χ3v) is 6.32. The summed E-state index contributed by atoms with van der Waals surface area (Å²) >= 11 is 0. The summed E-state index contributed by atoms with van der Waals surface area (Å²) in [6.07, 6.45) is 5.32. The van der Waals surface area contributed by atoms with Gasteiger partial charge in [0.25, 0.3) is 5.91 Å².